The molecular weight excluding hydrogens is 330 g/mol. The molecule has 4 rings (SSSR count). The summed E-state index contributed by atoms with van der Waals surface area (Å²) in [7, 11) is 0. The first-order valence-electron chi connectivity index (χ1n) is 7.31. The number of hydrogen-bond acceptors (Lipinski definition) is 2. The monoisotopic (exact) mass is 345 g/mol. The van der Waals surface area contributed by atoms with Crippen LogP contribution in [0, 0.1) is 12.8 Å². The Hall–Kier alpha value is -1.62. The SMILES string of the molecule is Cc1cc2[nH]c(=O)c3cnn(CC4CCC4)c3c2cc1Br. The smallest absolute Gasteiger partial charge is 0.259 e. The number of rotatable bonds is 2. The molecule has 2 heterocycles. The Balaban J connectivity index is 2.03. The van der Waals surface area contributed by atoms with Gasteiger partial charge in [-0.15, -0.1) is 0 Å². The maximum absolute atomic E-state index is 12.3. The molecule has 1 aliphatic rings. The highest BCUT2D eigenvalue weighted by atomic mass is 79.9. The number of hydrogen-bond donors (Lipinski definition) is 1. The molecule has 2 aromatic heterocycles. The minimum Gasteiger partial charge on any atom is -0.321 e. The van der Waals surface area contributed by atoms with Gasteiger partial charge in [0.2, 0.25) is 0 Å². The van der Waals surface area contributed by atoms with Gasteiger partial charge in [0, 0.05) is 16.4 Å². The molecule has 0 aliphatic heterocycles. The van der Waals surface area contributed by atoms with E-state index in [2.05, 4.69) is 32.1 Å². The molecule has 1 N–H and O–H groups in total. The molecule has 0 unspecified atom stereocenters. The molecule has 0 amide bonds. The van der Waals surface area contributed by atoms with Crippen LogP contribution >= 0.6 is 15.9 Å². The van der Waals surface area contributed by atoms with Crippen LogP contribution in [0.5, 0.6) is 0 Å². The zero-order valence-corrected chi connectivity index (χ0v) is 13.4. The van der Waals surface area contributed by atoms with E-state index in [4.69, 9.17) is 0 Å². The first-order chi connectivity index (χ1) is 10.1. The zero-order chi connectivity index (χ0) is 14.6. The third-order valence-corrected chi connectivity index (χ3v) is 5.40. The molecule has 5 heteroatoms. The molecule has 0 bridgehead atoms. The van der Waals surface area contributed by atoms with Gasteiger partial charge in [0.05, 0.1) is 22.6 Å². The lowest BCUT2D eigenvalue weighted by Crippen LogP contribution is -2.19. The molecule has 4 nitrogen and oxygen atoms in total. The van der Waals surface area contributed by atoms with Gasteiger partial charge in [-0.05, 0) is 43.4 Å². The van der Waals surface area contributed by atoms with E-state index in [1.165, 1.54) is 19.3 Å². The molecule has 1 fully saturated rings. The van der Waals surface area contributed by atoms with E-state index in [0.717, 1.165) is 33.0 Å². The number of nitrogens with zero attached hydrogens (tertiary/aromatic N) is 2. The van der Waals surface area contributed by atoms with Crippen molar-refractivity contribution in [1.82, 2.24) is 14.8 Å². The number of nitrogens with one attached hydrogen (secondary N) is 1. The molecule has 0 saturated heterocycles. The predicted molar refractivity (Wildman–Crippen MR) is 87.6 cm³/mol. The molecule has 1 aliphatic carbocycles. The minimum atomic E-state index is -0.0564. The second-order valence-corrected chi connectivity index (χ2v) is 6.84. The van der Waals surface area contributed by atoms with Crippen LogP contribution in [-0.4, -0.2) is 14.8 Å². The standard InChI is InChI=1S/C16H16BrN3O/c1-9-5-14-11(6-13(9)17)15-12(16(21)19-14)7-18-20(15)8-10-3-2-4-10/h5-7,10H,2-4,8H2,1H3,(H,19,21). The Kier molecular flexibility index (Phi) is 2.92. The molecular formula is C16H16BrN3O. The fourth-order valence-electron chi connectivity index (χ4n) is 3.06. The van der Waals surface area contributed by atoms with Crippen LogP contribution in [-0.2, 0) is 6.54 Å². The summed E-state index contributed by atoms with van der Waals surface area (Å²) in [5, 5.41) is 6.19. The number of aromatic amines is 1. The van der Waals surface area contributed by atoms with Crippen molar-refractivity contribution < 1.29 is 0 Å². The molecule has 3 aromatic rings. The van der Waals surface area contributed by atoms with Crippen molar-refractivity contribution in [1.29, 1.82) is 0 Å². The van der Waals surface area contributed by atoms with Gasteiger partial charge in [0.15, 0.2) is 0 Å². The maximum atomic E-state index is 12.3. The minimum absolute atomic E-state index is 0.0564. The Morgan fingerprint density at radius 2 is 2.19 bits per heavy atom. The number of aromatic nitrogens is 3. The molecule has 1 aromatic carbocycles. The Bertz CT molecular complexity index is 905. The van der Waals surface area contributed by atoms with Crippen LogP contribution in [0.1, 0.15) is 24.8 Å². The molecule has 0 spiro atoms. The Labute approximate surface area is 130 Å². The van der Waals surface area contributed by atoms with E-state index in [1.807, 2.05) is 17.7 Å². The first-order valence-corrected chi connectivity index (χ1v) is 8.10. The van der Waals surface area contributed by atoms with Gasteiger partial charge < -0.3 is 4.98 Å². The van der Waals surface area contributed by atoms with Gasteiger partial charge in [0.1, 0.15) is 0 Å². The van der Waals surface area contributed by atoms with E-state index in [-0.39, 0.29) is 5.56 Å². The van der Waals surface area contributed by atoms with Gasteiger partial charge in [-0.2, -0.15) is 5.10 Å². The van der Waals surface area contributed by atoms with Crippen molar-refractivity contribution in [2.24, 2.45) is 5.92 Å². The predicted octanol–water partition coefficient (Wildman–Crippen LogP) is 3.75. The van der Waals surface area contributed by atoms with Crippen molar-refractivity contribution in [2.45, 2.75) is 32.7 Å². The maximum Gasteiger partial charge on any atom is 0.259 e. The van der Waals surface area contributed by atoms with Crippen LogP contribution in [0.3, 0.4) is 0 Å². The third kappa shape index (κ3) is 2.02. The van der Waals surface area contributed by atoms with Crippen molar-refractivity contribution in [3.63, 3.8) is 0 Å². The third-order valence-electron chi connectivity index (χ3n) is 4.54. The van der Waals surface area contributed by atoms with Crippen LogP contribution in [0.15, 0.2) is 27.6 Å². The van der Waals surface area contributed by atoms with E-state index in [9.17, 15) is 4.79 Å². The highest BCUT2D eigenvalue weighted by Crippen LogP contribution is 2.31. The van der Waals surface area contributed by atoms with Gasteiger partial charge in [-0.1, -0.05) is 22.4 Å². The van der Waals surface area contributed by atoms with Gasteiger partial charge in [-0.3, -0.25) is 9.48 Å². The lowest BCUT2D eigenvalue weighted by Gasteiger charge is -2.25. The second-order valence-electron chi connectivity index (χ2n) is 5.99. The average Bonchev–Trinajstić information content (AvgIpc) is 2.81. The van der Waals surface area contributed by atoms with Crippen molar-refractivity contribution in [3.05, 3.63) is 38.7 Å². The normalized spacial score (nSPS) is 15.7. The van der Waals surface area contributed by atoms with E-state index < -0.39 is 0 Å². The molecule has 1 saturated carbocycles. The topological polar surface area (TPSA) is 50.7 Å². The van der Waals surface area contributed by atoms with Gasteiger partial charge >= 0.3 is 0 Å². The fraction of sp³-hybridized carbons (Fsp3) is 0.375. The van der Waals surface area contributed by atoms with Crippen LogP contribution in [0.25, 0.3) is 21.8 Å². The quantitative estimate of drug-likeness (QED) is 0.768. The largest absolute Gasteiger partial charge is 0.321 e. The summed E-state index contributed by atoms with van der Waals surface area (Å²) in [5.74, 6) is 0.705. The van der Waals surface area contributed by atoms with Crippen LogP contribution < -0.4 is 5.56 Å². The number of aryl methyl sites for hydroxylation is 1. The molecule has 0 radical (unpaired) electrons. The summed E-state index contributed by atoms with van der Waals surface area (Å²) >= 11 is 3.59. The van der Waals surface area contributed by atoms with E-state index in [1.54, 1.807) is 6.20 Å². The zero-order valence-electron chi connectivity index (χ0n) is 11.8. The number of pyridine rings is 1. The van der Waals surface area contributed by atoms with Crippen molar-refractivity contribution >= 4 is 37.7 Å². The first kappa shape index (κ1) is 13.1. The number of H-pyrrole nitrogens is 1. The summed E-state index contributed by atoms with van der Waals surface area (Å²) in [6.07, 6.45) is 5.55. The Morgan fingerprint density at radius 3 is 2.90 bits per heavy atom. The summed E-state index contributed by atoms with van der Waals surface area (Å²) in [5.41, 5.74) is 2.89. The lowest BCUT2D eigenvalue weighted by molar-refractivity contribution is 0.270. The number of fused-ring (bicyclic) bond motifs is 3. The van der Waals surface area contributed by atoms with E-state index >= 15 is 0 Å². The van der Waals surface area contributed by atoms with Crippen molar-refractivity contribution in [3.8, 4) is 0 Å². The van der Waals surface area contributed by atoms with Crippen LogP contribution in [0.2, 0.25) is 0 Å². The lowest BCUT2D eigenvalue weighted by atomic mass is 9.85. The highest BCUT2D eigenvalue weighted by Gasteiger charge is 2.20. The van der Waals surface area contributed by atoms with Crippen molar-refractivity contribution in [2.75, 3.05) is 0 Å². The molecule has 108 valence electrons. The highest BCUT2D eigenvalue weighted by molar-refractivity contribution is 9.10. The fourth-order valence-corrected chi connectivity index (χ4v) is 3.41. The molecule has 0 atom stereocenters. The number of halogens is 1. The number of benzene rings is 1. The average molecular weight is 346 g/mol. The summed E-state index contributed by atoms with van der Waals surface area (Å²) in [4.78, 5) is 15.2. The van der Waals surface area contributed by atoms with Gasteiger partial charge in [0.25, 0.3) is 5.56 Å². The Morgan fingerprint density at radius 1 is 1.38 bits per heavy atom. The summed E-state index contributed by atoms with van der Waals surface area (Å²) in [6.45, 7) is 2.94. The van der Waals surface area contributed by atoms with E-state index in [0.29, 0.717) is 11.3 Å². The van der Waals surface area contributed by atoms with Gasteiger partial charge in [-0.25, -0.2) is 0 Å². The summed E-state index contributed by atoms with van der Waals surface area (Å²) < 4.78 is 3.07. The summed E-state index contributed by atoms with van der Waals surface area (Å²) in [6, 6.07) is 4.10. The second kappa shape index (κ2) is 4.70. The van der Waals surface area contributed by atoms with Crippen LogP contribution in [0.4, 0.5) is 0 Å². The molecule has 21 heavy (non-hydrogen) atoms.